The molecule has 2 aliphatic heterocycles. The smallest absolute Gasteiger partial charge is 0.114 e. The molecule has 0 aliphatic carbocycles. The first-order valence-corrected chi connectivity index (χ1v) is 6.53. The Labute approximate surface area is 98.8 Å². The lowest BCUT2D eigenvalue weighted by Crippen LogP contribution is -2.45. The van der Waals surface area contributed by atoms with Gasteiger partial charge in [-0.1, -0.05) is 0 Å². The van der Waals surface area contributed by atoms with Gasteiger partial charge in [-0.25, -0.2) is 4.39 Å². The van der Waals surface area contributed by atoms with Gasteiger partial charge in [-0.3, -0.25) is 9.80 Å². The quantitative estimate of drug-likeness (QED) is 0.679. The van der Waals surface area contributed by atoms with Crippen LogP contribution in [0.2, 0.25) is 0 Å². The Kier molecular flexibility index (Phi) is 3.28. The number of hydrogen-bond acceptors (Lipinski definition) is 2. The van der Waals surface area contributed by atoms with Crippen molar-refractivity contribution < 1.29 is 4.39 Å². The van der Waals surface area contributed by atoms with Crippen molar-refractivity contribution in [3.8, 4) is 0 Å². The second kappa shape index (κ2) is 4.26. The fourth-order valence-corrected chi connectivity index (χ4v) is 3.28. The monoisotopic (exact) mass is 228 g/mol. The first-order valence-electron chi connectivity index (χ1n) is 6.53. The average molecular weight is 228 g/mol. The van der Waals surface area contributed by atoms with Gasteiger partial charge in [0.05, 0.1) is 0 Å². The van der Waals surface area contributed by atoms with E-state index >= 15 is 0 Å². The normalized spacial score (nSPS) is 38.4. The fourth-order valence-electron chi connectivity index (χ4n) is 3.28. The Hall–Kier alpha value is -0.150. The number of alkyl halides is 1. The van der Waals surface area contributed by atoms with Crippen LogP contribution in [0.5, 0.6) is 0 Å². The molecule has 2 nitrogen and oxygen atoms in total. The van der Waals surface area contributed by atoms with E-state index in [9.17, 15) is 4.39 Å². The summed E-state index contributed by atoms with van der Waals surface area (Å²) in [5.74, 6) is 0. The topological polar surface area (TPSA) is 6.48 Å². The van der Waals surface area contributed by atoms with Gasteiger partial charge in [-0.15, -0.1) is 0 Å². The summed E-state index contributed by atoms with van der Waals surface area (Å²) in [7, 11) is 0. The molecular formula is C13H25FN2. The van der Waals surface area contributed by atoms with E-state index in [1.54, 1.807) is 0 Å². The van der Waals surface area contributed by atoms with E-state index in [4.69, 9.17) is 0 Å². The molecule has 0 radical (unpaired) electrons. The van der Waals surface area contributed by atoms with Crippen molar-refractivity contribution in [2.75, 3.05) is 19.6 Å². The molecule has 3 heteroatoms. The Morgan fingerprint density at radius 1 is 1.19 bits per heavy atom. The number of likely N-dealkylation sites (tertiary alicyclic amines) is 2. The minimum atomic E-state index is -0.584. The van der Waals surface area contributed by atoms with Gasteiger partial charge in [0.25, 0.3) is 0 Å². The molecule has 94 valence electrons. The second-order valence-corrected chi connectivity index (χ2v) is 6.44. The summed E-state index contributed by atoms with van der Waals surface area (Å²) < 4.78 is 13.2. The van der Waals surface area contributed by atoms with Crippen LogP contribution in [0.3, 0.4) is 0 Å². The van der Waals surface area contributed by atoms with Gasteiger partial charge in [0, 0.05) is 37.3 Å². The SMILES string of the molecule is C[C@H]1CC(N2CCC(F)C2)CN1C(C)(C)C. The highest BCUT2D eigenvalue weighted by Gasteiger charge is 2.39. The summed E-state index contributed by atoms with van der Waals surface area (Å²) in [6, 6.07) is 1.21. The molecule has 0 spiro atoms. The Bertz CT molecular complexity index is 249. The molecular weight excluding hydrogens is 203 g/mol. The molecule has 0 aromatic rings. The van der Waals surface area contributed by atoms with Crippen LogP contribution in [0.4, 0.5) is 4.39 Å². The second-order valence-electron chi connectivity index (χ2n) is 6.44. The standard InChI is InChI=1S/C13H25FN2/c1-10-7-12(9-16(10)13(2,3)4)15-6-5-11(14)8-15/h10-12H,5-9H2,1-4H3/t10-,11?,12?/m0/s1. The first-order chi connectivity index (χ1) is 7.38. The molecule has 0 amide bonds. The van der Waals surface area contributed by atoms with Gasteiger partial charge in [0.15, 0.2) is 0 Å². The number of hydrogen-bond donors (Lipinski definition) is 0. The molecule has 2 rings (SSSR count). The number of nitrogens with zero attached hydrogens (tertiary/aromatic N) is 2. The first kappa shape index (κ1) is 12.3. The van der Waals surface area contributed by atoms with Crippen molar-refractivity contribution in [1.29, 1.82) is 0 Å². The van der Waals surface area contributed by atoms with Gasteiger partial charge < -0.3 is 0 Å². The molecule has 2 unspecified atom stereocenters. The van der Waals surface area contributed by atoms with Gasteiger partial charge in [-0.05, 0) is 40.5 Å². The maximum atomic E-state index is 13.2. The van der Waals surface area contributed by atoms with Crippen molar-refractivity contribution in [2.24, 2.45) is 0 Å². The van der Waals surface area contributed by atoms with Crippen LogP contribution >= 0.6 is 0 Å². The van der Waals surface area contributed by atoms with E-state index in [-0.39, 0.29) is 5.54 Å². The molecule has 3 atom stereocenters. The lowest BCUT2D eigenvalue weighted by Gasteiger charge is -2.35. The summed E-state index contributed by atoms with van der Waals surface area (Å²) >= 11 is 0. The largest absolute Gasteiger partial charge is 0.296 e. The summed E-state index contributed by atoms with van der Waals surface area (Å²) in [5, 5.41) is 0. The highest BCUT2D eigenvalue weighted by atomic mass is 19.1. The summed E-state index contributed by atoms with van der Waals surface area (Å²) in [6.07, 6.45) is 1.35. The van der Waals surface area contributed by atoms with Gasteiger partial charge in [0.2, 0.25) is 0 Å². The van der Waals surface area contributed by atoms with Crippen LogP contribution in [-0.4, -0.2) is 53.2 Å². The fraction of sp³-hybridized carbons (Fsp3) is 1.00. The van der Waals surface area contributed by atoms with Gasteiger partial charge >= 0.3 is 0 Å². The van der Waals surface area contributed by atoms with Gasteiger partial charge in [0.1, 0.15) is 6.17 Å². The number of halogens is 1. The molecule has 0 saturated carbocycles. The Morgan fingerprint density at radius 2 is 1.88 bits per heavy atom. The van der Waals surface area contributed by atoms with Crippen LogP contribution in [0.15, 0.2) is 0 Å². The summed E-state index contributed by atoms with van der Waals surface area (Å²) in [6.45, 7) is 11.8. The Morgan fingerprint density at radius 3 is 2.31 bits per heavy atom. The van der Waals surface area contributed by atoms with Crippen molar-refractivity contribution in [2.45, 2.75) is 64.3 Å². The predicted octanol–water partition coefficient (Wildman–Crippen LogP) is 2.29. The third kappa shape index (κ3) is 2.40. The van der Waals surface area contributed by atoms with Crippen LogP contribution in [-0.2, 0) is 0 Å². The lowest BCUT2D eigenvalue weighted by molar-refractivity contribution is 0.120. The van der Waals surface area contributed by atoms with E-state index in [2.05, 4.69) is 37.5 Å². The molecule has 0 bridgehead atoms. The Balaban J connectivity index is 1.96. The van der Waals surface area contributed by atoms with E-state index < -0.39 is 6.17 Å². The van der Waals surface area contributed by atoms with E-state index in [1.165, 1.54) is 6.42 Å². The lowest BCUT2D eigenvalue weighted by atomic mass is 10.1. The predicted molar refractivity (Wildman–Crippen MR) is 65.4 cm³/mol. The molecule has 2 heterocycles. The molecule has 0 aromatic heterocycles. The van der Waals surface area contributed by atoms with Crippen LogP contribution in [0, 0.1) is 0 Å². The molecule has 0 aromatic carbocycles. The maximum absolute atomic E-state index is 13.2. The zero-order valence-corrected chi connectivity index (χ0v) is 11.0. The van der Waals surface area contributed by atoms with Crippen molar-refractivity contribution in [3.63, 3.8) is 0 Å². The van der Waals surface area contributed by atoms with E-state index in [0.29, 0.717) is 18.6 Å². The maximum Gasteiger partial charge on any atom is 0.114 e. The molecule has 0 N–H and O–H groups in total. The number of rotatable bonds is 1. The zero-order chi connectivity index (χ0) is 11.9. The summed E-state index contributed by atoms with van der Waals surface area (Å²) in [5.41, 5.74) is 0.239. The highest BCUT2D eigenvalue weighted by molar-refractivity contribution is 4.96. The zero-order valence-electron chi connectivity index (χ0n) is 11.0. The molecule has 2 fully saturated rings. The minimum absolute atomic E-state index is 0.239. The third-order valence-corrected chi connectivity index (χ3v) is 4.09. The van der Waals surface area contributed by atoms with Crippen molar-refractivity contribution >= 4 is 0 Å². The third-order valence-electron chi connectivity index (χ3n) is 4.09. The van der Waals surface area contributed by atoms with Crippen molar-refractivity contribution in [1.82, 2.24) is 9.80 Å². The average Bonchev–Trinajstić information content (AvgIpc) is 2.70. The molecule has 2 aliphatic rings. The molecule has 2 saturated heterocycles. The molecule has 16 heavy (non-hydrogen) atoms. The van der Waals surface area contributed by atoms with Crippen LogP contribution in [0.1, 0.15) is 40.5 Å². The highest BCUT2D eigenvalue weighted by Crippen LogP contribution is 2.30. The van der Waals surface area contributed by atoms with E-state index in [1.807, 2.05) is 0 Å². The van der Waals surface area contributed by atoms with Crippen molar-refractivity contribution in [3.05, 3.63) is 0 Å². The van der Waals surface area contributed by atoms with Crippen LogP contribution in [0.25, 0.3) is 0 Å². The summed E-state index contributed by atoms with van der Waals surface area (Å²) in [4.78, 5) is 4.91. The van der Waals surface area contributed by atoms with Crippen LogP contribution < -0.4 is 0 Å². The van der Waals surface area contributed by atoms with Gasteiger partial charge in [-0.2, -0.15) is 0 Å². The minimum Gasteiger partial charge on any atom is -0.296 e. The van der Waals surface area contributed by atoms with E-state index in [0.717, 1.165) is 19.5 Å².